The van der Waals surface area contributed by atoms with E-state index in [4.69, 9.17) is 11.6 Å². The van der Waals surface area contributed by atoms with Crippen LogP contribution < -0.4 is 10.6 Å². The van der Waals surface area contributed by atoms with E-state index in [1.54, 1.807) is 36.4 Å². The molecule has 0 spiro atoms. The van der Waals surface area contributed by atoms with Gasteiger partial charge < -0.3 is 36.0 Å². The Morgan fingerprint density at radius 2 is 1.63 bits per heavy atom. The van der Waals surface area contributed by atoms with Gasteiger partial charge in [-0.2, -0.15) is 0 Å². The molecule has 0 bridgehead atoms. The number of carboxylic acids is 1. The lowest BCUT2D eigenvalue weighted by molar-refractivity contribution is -0.174. The van der Waals surface area contributed by atoms with Gasteiger partial charge in [-0.1, -0.05) is 42.8 Å². The minimum absolute atomic E-state index is 0.0336. The van der Waals surface area contributed by atoms with Gasteiger partial charge in [0, 0.05) is 23.7 Å². The minimum Gasteiger partial charge on any atom is -0.504 e. The fourth-order valence-corrected chi connectivity index (χ4v) is 4.74. The van der Waals surface area contributed by atoms with Crippen LogP contribution in [0, 0.1) is 0 Å². The molecule has 3 aromatic rings. The number of phenolic OH excluding ortho intramolecular Hbond substituents is 3. The van der Waals surface area contributed by atoms with Crippen LogP contribution in [0.3, 0.4) is 0 Å². The quantitative estimate of drug-likeness (QED) is 0.171. The first-order valence-electron chi connectivity index (χ1n) is 10.8. The highest BCUT2D eigenvalue weighted by atomic mass is 35.5. The highest BCUT2D eigenvalue weighted by molar-refractivity contribution is 6.33. The minimum atomic E-state index is -2.31. The van der Waals surface area contributed by atoms with Crippen molar-refractivity contribution in [3.8, 4) is 28.4 Å². The molecule has 1 aliphatic rings. The Kier molecular flexibility index (Phi) is 6.52. The third-order valence-corrected chi connectivity index (χ3v) is 6.70. The number of halogens is 1. The van der Waals surface area contributed by atoms with Crippen LogP contribution in [0.4, 0.5) is 5.69 Å². The first-order valence-corrected chi connectivity index (χ1v) is 11.2. The van der Waals surface area contributed by atoms with Gasteiger partial charge in [0.15, 0.2) is 11.5 Å². The largest absolute Gasteiger partial charge is 0.504 e. The molecule has 3 aromatic carbocycles. The Balaban J connectivity index is 1.41. The second-order valence-electron chi connectivity index (χ2n) is 8.60. The van der Waals surface area contributed by atoms with Crippen LogP contribution >= 0.6 is 11.6 Å². The molecule has 0 aromatic heterocycles. The van der Waals surface area contributed by atoms with Crippen molar-refractivity contribution < 1.29 is 35.4 Å². The van der Waals surface area contributed by atoms with Crippen LogP contribution in [0.15, 0.2) is 48.5 Å². The van der Waals surface area contributed by atoms with Gasteiger partial charge in [-0.3, -0.25) is 5.32 Å². The smallest absolute Gasteiger partial charge is 0.335 e. The van der Waals surface area contributed by atoms with Crippen LogP contribution in [0.2, 0.25) is 5.02 Å². The van der Waals surface area contributed by atoms with E-state index in [9.17, 15) is 35.4 Å². The summed E-state index contributed by atoms with van der Waals surface area (Å²) >= 11 is 6.08. The molecule has 0 saturated carbocycles. The Labute approximate surface area is 205 Å². The molecule has 2 unspecified atom stereocenters. The van der Waals surface area contributed by atoms with E-state index in [0.29, 0.717) is 22.4 Å². The summed E-state index contributed by atoms with van der Waals surface area (Å²) in [6.45, 7) is 1.59. The zero-order valence-corrected chi connectivity index (χ0v) is 19.4. The molecule has 4 rings (SSSR count). The number of hydrogen-bond acceptors (Lipinski definition) is 8. The molecule has 0 amide bonds. The molecule has 0 radical (unpaired) electrons. The molecule has 9 nitrogen and oxygen atoms in total. The molecule has 10 heteroatoms. The first kappa shape index (κ1) is 24.6. The van der Waals surface area contributed by atoms with E-state index in [1.807, 2.05) is 13.0 Å². The second-order valence-corrected chi connectivity index (χ2v) is 8.98. The maximum absolute atomic E-state index is 11.2. The number of carboxylic acid groups (broad SMARTS) is 1. The maximum Gasteiger partial charge on any atom is 0.335 e. The molecule has 0 aliphatic heterocycles. The summed E-state index contributed by atoms with van der Waals surface area (Å²) in [5, 5.41) is 65.5. The summed E-state index contributed by atoms with van der Waals surface area (Å²) in [6.07, 6.45) is 0. The lowest BCUT2D eigenvalue weighted by Crippen LogP contribution is -2.52. The van der Waals surface area contributed by atoms with E-state index < -0.39 is 29.1 Å². The van der Waals surface area contributed by atoms with Crippen molar-refractivity contribution in [2.24, 2.45) is 0 Å². The van der Waals surface area contributed by atoms with Crippen LogP contribution in [0.1, 0.15) is 40.2 Å². The highest BCUT2D eigenvalue weighted by Gasteiger charge is 2.42. The summed E-state index contributed by atoms with van der Waals surface area (Å²) < 4.78 is 0. The molecule has 2 atom stereocenters. The number of benzene rings is 3. The lowest BCUT2D eigenvalue weighted by atomic mass is 9.68. The van der Waals surface area contributed by atoms with Crippen molar-refractivity contribution in [2.75, 3.05) is 18.4 Å². The van der Waals surface area contributed by atoms with E-state index in [-0.39, 0.29) is 35.5 Å². The second kappa shape index (κ2) is 9.27. The van der Waals surface area contributed by atoms with E-state index in [1.165, 1.54) is 6.07 Å². The topological polar surface area (TPSA) is 163 Å². The van der Waals surface area contributed by atoms with Crippen molar-refractivity contribution in [1.29, 1.82) is 0 Å². The van der Waals surface area contributed by atoms with Gasteiger partial charge in [-0.05, 0) is 46.9 Å². The average Bonchev–Trinajstić information content (AvgIpc) is 2.84. The Morgan fingerprint density at radius 3 is 2.31 bits per heavy atom. The van der Waals surface area contributed by atoms with Crippen LogP contribution in [-0.2, 0) is 0 Å². The van der Waals surface area contributed by atoms with Crippen molar-refractivity contribution in [1.82, 2.24) is 5.32 Å². The van der Waals surface area contributed by atoms with Gasteiger partial charge in [0.2, 0.25) is 11.7 Å². The van der Waals surface area contributed by atoms with E-state index in [2.05, 4.69) is 10.6 Å². The summed E-state index contributed by atoms with van der Waals surface area (Å²) in [5.74, 6) is -5.69. The SMILES string of the molecule is CC1c2c(Cl)c(O)c(O)c(O)c2C1CNC(O)(O)CNc1cccc(-c2cccc(C(=O)O)c2)c1. The number of aliphatic hydroxyl groups is 2. The Morgan fingerprint density at radius 1 is 0.971 bits per heavy atom. The van der Waals surface area contributed by atoms with Gasteiger partial charge in [-0.15, -0.1) is 0 Å². The van der Waals surface area contributed by atoms with E-state index >= 15 is 0 Å². The summed E-state index contributed by atoms with van der Waals surface area (Å²) in [5.41, 5.74) is 3.07. The number of carbonyl (C=O) groups is 1. The third-order valence-electron chi connectivity index (χ3n) is 6.32. The van der Waals surface area contributed by atoms with Gasteiger partial charge >= 0.3 is 5.97 Å². The monoisotopic (exact) mass is 500 g/mol. The van der Waals surface area contributed by atoms with Crippen molar-refractivity contribution in [3.05, 3.63) is 70.2 Å². The van der Waals surface area contributed by atoms with Gasteiger partial charge in [0.25, 0.3) is 0 Å². The number of aromatic hydroxyl groups is 3. The number of fused-ring (bicyclic) bond motifs is 1. The number of phenols is 3. The molecule has 184 valence electrons. The van der Waals surface area contributed by atoms with Crippen LogP contribution in [-0.4, -0.2) is 55.6 Å². The fraction of sp³-hybridized carbons (Fsp3) is 0.240. The molecule has 0 saturated heterocycles. The Hall–Kier alpha value is -3.50. The molecular weight excluding hydrogens is 476 g/mol. The van der Waals surface area contributed by atoms with Crippen molar-refractivity contribution in [2.45, 2.75) is 24.7 Å². The standard InChI is InChI=1S/C25H25ClN2O7/c1-12-17(19-18(12)20(26)22(30)23(31)21(19)29)10-28-25(34,35)11-27-16-7-3-5-14(9-16)13-4-2-6-15(8-13)24(32)33/h2-9,12,17,27-31,34-35H,10-11H2,1H3,(H,32,33). The summed E-state index contributed by atoms with van der Waals surface area (Å²) in [7, 11) is 0. The number of hydrogen-bond donors (Lipinski definition) is 8. The molecule has 8 N–H and O–H groups in total. The predicted octanol–water partition coefficient (Wildman–Crippen LogP) is 3.36. The zero-order valence-electron chi connectivity index (χ0n) is 18.7. The lowest BCUT2D eigenvalue weighted by Gasteiger charge is -2.40. The molecule has 1 aliphatic carbocycles. The first-order chi connectivity index (χ1) is 16.5. The van der Waals surface area contributed by atoms with Crippen LogP contribution in [0.5, 0.6) is 17.2 Å². The molecule has 0 heterocycles. The van der Waals surface area contributed by atoms with Gasteiger partial charge in [0.05, 0.1) is 17.1 Å². The maximum atomic E-state index is 11.2. The molecule has 35 heavy (non-hydrogen) atoms. The summed E-state index contributed by atoms with van der Waals surface area (Å²) in [4.78, 5) is 11.2. The highest BCUT2D eigenvalue weighted by Crippen LogP contribution is 2.59. The number of nitrogens with one attached hydrogen (secondary N) is 2. The van der Waals surface area contributed by atoms with Crippen molar-refractivity contribution in [3.63, 3.8) is 0 Å². The summed E-state index contributed by atoms with van der Waals surface area (Å²) in [6, 6.07) is 13.6. The Bertz CT molecular complexity index is 1300. The number of aromatic carboxylic acids is 1. The molecular formula is C25H25ClN2O7. The van der Waals surface area contributed by atoms with Gasteiger partial charge in [0.1, 0.15) is 0 Å². The number of anilines is 1. The third kappa shape index (κ3) is 4.71. The van der Waals surface area contributed by atoms with E-state index in [0.717, 1.165) is 5.56 Å². The molecule has 0 fully saturated rings. The average molecular weight is 501 g/mol. The van der Waals surface area contributed by atoms with Gasteiger partial charge in [-0.25, -0.2) is 4.79 Å². The van der Waals surface area contributed by atoms with Crippen molar-refractivity contribution >= 4 is 23.3 Å². The predicted molar refractivity (Wildman–Crippen MR) is 130 cm³/mol. The van der Waals surface area contributed by atoms with Crippen LogP contribution in [0.25, 0.3) is 11.1 Å². The fourth-order valence-electron chi connectivity index (χ4n) is 4.37. The normalized spacial score (nSPS) is 16.9. The number of rotatable bonds is 8. The zero-order chi connectivity index (χ0) is 25.5.